The van der Waals surface area contributed by atoms with Crippen LogP contribution in [0, 0.1) is 5.82 Å². The molecule has 0 aliphatic heterocycles. The second kappa shape index (κ2) is 4.24. The zero-order valence-corrected chi connectivity index (χ0v) is 10.2. The lowest BCUT2D eigenvalue weighted by Gasteiger charge is -2.06. The molecule has 0 unspecified atom stereocenters. The lowest BCUT2D eigenvalue weighted by Crippen LogP contribution is -1.93. The highest BCUT2D eigenvalue weighted by Gasteiger charge is 2.10. The van der Waals surface area contributed by atoms with Gasteiger partial charge in [0.05, 0.1) is 17.5 Å². The molecule has 19 heavy (non-hydrogen) atoms. The van der Waals surface area contributed by atoms with E-state index in [1.165, 1.54) is 12.1 Å². The molecule has 0 aliphatic rings. The van der Waals surface area contributed by atoms with Gasteiger partial charge in [-0.15, -0.1) is 0 Å². The Labute approximate surface area is 108 Å². The molecule has 6 heteroatoms. The highest BCUT2D eigenvalue weighted by Crippen LogP contribution is 2.27. The van der Waals surface area contributed by atoms with Gasteiger partial charge in [0.15, 0.2) is 5.52 Å². The van der Waals surface area contributed by atoms with Crippen LogP contribution in [0.3, 0.4) is 0 Å². The van der Waals surface area contributed by atoms with Gasteiger partial charge in [-0.25, -0.2) is 14.4 Å². The van der Waals surface area contributed by atoms with Gasteiger partial charge in [0, 0.05) is 19.3 Å². The quantitative estimate of drug-likeness (QED) is 0.717. The van der Waals surface area contributed by atoms with Crippen LogP contribution >= 0.6 is 0 Å². The van der Waals surface area contributed by atoms with Crippen molar-refractivity contribution in [2.24, 2.45) is 7.05 Å². The summed E-state index contributed by atoms with van der Waals surface area (Å²) < 4.78 is 20.8. The number of nitrogen functional groups attached to an aromatic ring is 1. The number of anilines is 1. The molecule has 0 amide bonds. The number of aryl methyl sites for hydroxylation is 1. The van der Waals surface area contributed by atoms with Crippen LogP contribution in [0.15, 0.2) is 36.8 Å². The number of rotatable bonds is 2. The van der Waals surface area contributed by atoms with Crippen LogP contribution in [0.25, 0.3) is 11.0 Å². The number of pyridine rings is 1. The number of nitrogens with zero attached hydrogens (tertiary/aromatic N) is 3. The van der Waals surface area contributed by atoms with Gasteiger partial charge in [-0.05, 0) is 18.2 Å². The van der Waals surface area contributed by atoms with Gasteiger partial charge in [0.2, 0.25) is 5.88 Å². The van der Waals surface area contributed by atoms with Crippen molar-refractivity contribution in [3.63, 3.8) is 0 Å². The van der Waals surface area contributed by atoms with Gasteiger partial charge in [-0.2, -0.15) is 0 Å². The SMILES string of the molecule is Cn1cnc2c(Oc3ccc(N)c(F)c3)nccc21. The molecular weight excluding hydrogens is 247 g/mol. The fraction of sp³-hybridized carbons (Fsp3) is 0.0769. The summed E-state index contributed by atoms with van der Waals surface area (Å²) in [6.07, 6.45) is 3.29. The van der Waals surface area contributed by atoms with E-state index in [0.717, 1.165) is 5.52 Å². The minimum Gasteiger partial charge on any atom is -0.437 e. The van der Waals surface area contributed by atoms with E-state index >= 15 is 0 Å². The van der Waals surface area contributed by atoms with Gasteiger partial charge in [0.1, 0.15) is 11.6 Å². The van der Waals surface area contributed by atoms with Crippen molar-refractivity contribution in [3.05, 3.63) is 42.6 Å². The van der Waals surface area contributed by atoms with Crippen LogP contribution < -0.4 is 10.5 Å². The zero-order chi connectivity index (χ0) is 13.4. The van der Waals surface area contributed by atoms with Crippen molar-refractivity contribution in [2.45, 2.75) is 0 Å². The normalized spacial score (nSPS) is 10.8. The van der Waals surface area contributed by atoms with Crippen LogP contribution in [-0.4, -0.2) is 14.5 Å². The molecule has 3 rings (SSSR count). The number of hydrogen-bond acceptors (Lipinski definition) is 4. The minimum atomic E-state index is -0.523. The molecule has 0 atom stereocenters. The van der Waals surface area contributed by atoms with Gasteiger partial charge >= 0.3 is 0 Å². The molecule has 5 nitrogen and oxygen atoms in total. The first kappa shape index (κ1) is 11.5. The maximum absolute atomic E-state index is 13.4. The second-order valence-electron chi connectivity index (χ2n) is 4.12. The van der Waals surface area contributed by atoms with Crippen molar-refractivity contribution in [1.82, 2.24) is 14.5 Å². The Morgan fingerprint density at radius 1 is 1.26 bits per heavy atom. The first-order chi connectivity index (χ1) is 9.15. The lowest BCUT2D eigenvalue weighted by atomic mass is 10.3. The van der Waals surface area contributed by atoms with Gasteiger partial charge in [0.25, 0.3) is 0 Å². The zero-order valence-electron chi connectivity index (χ0n) is 10.2. The fourth-order valence-electron chi connectivity index (χ4n) is 1.80. The van der Waals surface area contributed by atoms with Crippen LogP contribution in [0.1, 0.15) is 0 Å². The molecule has 0 spiro atoms. The van der Waals surface area contributed by atoms with Crippen molar-refractivity contribution in [1.29, 1.82) is 0 Å². The molecule has 3 aromatic rings. The third kappa shape index (κ3) is 1.97. The molecule has 0 fully saturated rings. The van der Waals surface area contributed by atoms with E-state index in [0.29, 0.717) is 17.1 Å². The highest BCUT2D eigenvalue weighted by molar-refractivity contribution is 5.80. The third-order valence-electron chi connectivity index (χ3n) is 2.80. The monoisotopic (exact) mass is 258 g/mol. The topological polar surface area (TPSA) is 66.0 Å². The molecule has 0 bridgehead atoms. The summed E-state index contributed by atoms with van der Waals surface area (Å²) >= 11 is 0. The first-order valence-corrected chi connectivity index (χ1v) is 5.64. The van der Waals surface area contributed by atoms with E-state index in [1.54, 1.807) is 18.6 Å². The van der Waals surface area contributed by atoms with E-state index in [4.69, 9.17) is 10.5 Å². The molecule has 2 aromatic heterocycles. The molecule has 2 heterocycles. The molecule has 0 saturated heterocycles. The number of aromatic nitrogens is 3. The summed E-state index contributed by atoms with van der Waals surface area (Å²) in [4.78, 5) is 8.33. The Morgan fingerprint density at radius 2 is 2.11 bits per heavy atom. The average Bonchev–Trinajstić information content (AvgIpc) is 2.77. The number of hydrogen-bond donors (Lipinski definition) is 1. The van der Waals surface area contributed by atoms with E-state index < -0.39 is 5.82 Å². The molecule has 0 saturated carbocycles. The van der Waals surface area contributed by atoms with Crippen LogP contribution in [-0.2, 0) is 7.05 Å². The number of imidazole rings is 1. The Hall–Kier alpha value is -2.63. The number of halogens is 1. The standard InChI is InChI=1S/C13H11FN4O/c1-18-7-17-12-11(18)4-5-16-13(12)19-8-2-3-10(15)9(14)6-8/h2-7H,15H2,1H3. The van der Waals surface area contributed by atoms with Crippen LogP contribution in [0.2, 0.25) is 0 Å². The second-order valence-corrected chi connectivity index (χ2v) is 4.12. The predicted molar refractivity (Wildman–Crippen MR) is 69.4 cm³/mol. The molecule has 1 aromatic carbocycles. The molecule has 0 radical (unpaired) electrons. The van der Waals surface area contributed by atoms with E-state index in [1.807, 2.05) is 17.7 Å². The largest absolute Gasteiger partial charge is 0.437 e. The molecule has 2 N–H and O–H groups in total. The number of fused-ring (bicyclic) bond motifs is 1. The van der Waals surface area contributed by atoms with Crippen molar-refractivity contribution in [2.75, 3.05) is 5.73 Å². The van der Waals surface area contributed by atoms with Crippen LogP contribution in [0.5, 0.6) is 11.6 Å². The van der Waals surface area contributed by atoms with E-state index in [2.05, 4.69) is 9.97 Å². The maximum atomic E-state index is 13.4. The van der Waals surface area contributed by atoms with Gasteiger partial charge in [-0.1, -0.05) is 0 Å². The van der Waals surface area contributed by atoms with Gasteiger partial charge < -0.3 is 15.0 Å². The summed E-state index contributed by atoms with van der Waals surface area (Å²) in [5, 5.41) is 0. The summed E-state index contributed by atoms with van der Waals surface area (Å²) in [7, 11) is 1.88. The number of benzene rings is 1. The van der Waals surface area contributed by atoms with Crippen molar-refractivity contribution >= 4 is 16.7 Å². The molecular formula is C13H11FN4O. The first-order valence-electron chi connectivity index (χ1n) is 5.64. The lowest BCUT2D eigenvalue weighted by molar-refractivity contribution is 0.463. The number of ether oxygens (including phenoxy) is 1. The molecule has 96 valence electrons. The summed E-state index contributed by atoms with van der Waals surface area (Å²) in [5.74, 6) is 0.144. The summed E-state index contributed by atoms with van der Waals surface area (Å²) in [5.41, 5.74) is 7.01. The Balaban J connectivity index is 2.03. The average molecular weight is 258 g/mol. The fourth-order valence-corrected chi connectivity index (χ4v) is 1.80. The minimum absolute atomic E-state index is 0.0800. The Bertz CT molecular complexity index is 753. The predicted octanol–water partition coefficient (Wildman–Crippen LogP) is 2.48. The summed E-state index contributed by atoms with van der Waals surface area (Å²) in [6, 6.07) is 6.09. The van der Waals surface area contributed by atoms with Gasteiger partial charge in [-0.3, -0.25) is 0 Å². The van der Waals surface area contributed by atoms with Crippen LogP contribution in [0.4, 0.5) is 10.1 Å². The molecule has 0 aliphatic carbocycles. The third-order valence-corrected chi connectivity index (χ3v) is 2.80. The van der Waals surface area contributed by atoms with Crippen molar-refractivity contribution < 1.29 is 9.13 Å². The van der Waals surface area contributed by atoms with E-state index in [9.17, 15) is 4.39 Å². The van der Waals surface area contributed by atoms with Crippen molar-refractivity contribution in [3.8, 4) is 11.6 Å². The number of nitrogens with two attached hydrogens (primary N) is 1. The summed E-state index contributed by atoms with van der Waals surface area (Å²) in [6.45, 7) is 0. The highest BCUT2D eigenvalue weighted by atomic mass is 19.1. The smallest absolute Gasteiger partial charge is 0.247 e. The maximum Gasteiger partial charge on any atom is 0.247 e. The van der Waals surface area contributed by atoms with E-state index in [-0.39, 0.29) is 5.69 Å². The Morgan fingerprint density at radius 3 is 2.89 bits per heavy atom. The Kier molecular flexibility index (Phi) is 2.56.